The first-order valence-electron chi connectivity index (χ1n) is 8.94. The van der Waals surface area contributed by atoms with E-state index >= 15 is 0 Å². The molecule has 20 heavy (non-hydrogen) atoms. The van der Waals surface area contributed by atoms with Crippen LogP contribution in [0.1, 0.15) is 66.7 Å². The zero-order valence-electron chi connectivity index (χ0n) is 14.7. The quantitative estimate of drug-likeness (QED) is 0.719. The third kappa shape index (κ3) is 6.13. The summed E-state index contributed by atoms with van der Waals surface area (Å²) >= 11 is 0. The van der Waals surface area contributed by atoms with Gasteiger partial charge in [0.05, 0.1) is 0 Å². The van der Waals surface area contributed by atoms with Crippen molar-refractivity contribution in [2.45, 2.75) is 66.7 Å². The van der Waals surface area contributed by atoms with Gasteiger partial charge in [0.25, 0.3) is 0 Å². The van der Waals surface area contributed by atoms with Gasteiger partial charge in [-0.1, -0.05) is 41.0 Å². The Bertz CT molecular complexity index is 252. The lowest BCUT2D eigenvalue weighted by molar-refractivity contribution is 0.151. The van der Waals surface area contributed by atoms with E-state index in [4.69, 9.17) is 0 Å². The predicted octanol–water partition coefficient (Wildman–Crippen LogP) is 4.16. The third-order valence-electron chi connectivity index (χ3n) is 5.07. The van der Waals surface area contributed by atoms with Gasteiger partial charge in [0.15, 0.2) is 0 Å². The molecule has 1 heterocycles. The van der Waals surface area contributed by atoms with Crippen LogP contribution >= 0.6 is 0 Å². The molecule has 0 aliphatic carbocycles. The van der Waals surface area contributed by atoms with Crippen LogP contribution in [0, 0.1) is 17.3 Å². The van der Waals surface area contributed by atoms with Crippen LogP contribution in [-0.2, 0) is 0 Å². The Balaban J connectivity index is 2.51. The monoisotopic (exact) mass is 282 g/mol. The van der Waals surface area contributed by atoms with E-state index in [-0.39, 0.29) is 0 Å². The zero-order chi connectivity index (χ0) is 15.0. The predicted molar refractivity (Wildman–Crippen MR) is 90.2 cm³/mol. The fraction of sp³-hybridized carbons (Fsp3) is 1.00. The van der Waals surface area contributed by atoms with E-state index in [2.05, 4.69) is 44.8 Å². The highest BCUT2D eigenvalue weighted by Crippen LogP contribution is 2.28. The van der Waals surface area contributed by atoms with Gasteiger partial charge in [-0.05, 0) is 62.6 Å². The maximum atomic E-state index is 3.58. The summed E-state index contributed by atoms with van der Waals surface area (Å²) in [5.41, 5.74) is 0.447. The second-order valence-corrected chi connectivity index (χ2v) is 7.55. The summed E-state index contributed by atoms with van der Waals surface area (Å²) in [5, 5.41) is 3.58. The molecule has 0 amide bonds. The summed E-state index contributed by atoms with van der Waals surface area (Å²) in [6.45, 7) is 18.0. The Labute approximate surface area is 127 Å². The van der Waals surface area contributed by atoms with Crippen LogP contribution in [-0.4, -0.2) is 37.6 Å². The molecule has 2 unspecified atom stereocenters. The van der Waals surface area contributed by atoms with Crippen LogP contribution < -0.4 is 5.32 Å². The zero-order valence-corrected chi connectivity index (χ0v) is 14.7. The molecule has 2 nitrogen and oxygen atoms in total. The van der Waals surface area contributed by atoms with Crippen LogP contribution in [0.25, 0.3) is 0 Å². The van der Waals surface area contributed by atoms with Crippen molar-refractivity contribution in [3.63, 3.8) is 0 Å². The minimum atomic E-state index is 0.447. The van der Waals surface area contributed by atoms with Gasteiger partial charge in [-0.2, -0.15) is 0 Å². The maximum absolute atomic E-state index is 3.58. The van der Waals surface area contributed by atoms with E-state index in [1.807, 2.05) is 0 Å². The molecule has 0 bridgehead atoms. The van der Waals surface area contributed by atoms with Gasteiger partial charge in [-0.15, -0.1) is 0 Å². The highest BCUT2D eigenvalue weighted by molar-refractivity contribution is 4.82. The molecule has 2 heteroatoms. The summed E-state index contributed by atoms with van der Waals surface area (Å²) in [6.07, 6.45) is 6.87. The molecule has 0 saturated carbocycles. The Hall–Kier alpha value is -0.0800. The number of rotatable bonds is 8. The number of nitrogens with one attached hydrogen (secondary N) is 1. The SMILES string of the molecule is CCCC(C)(CNCC)CN1CCCC(C(C)C)CC1. The Morgan fingerprint density at radius 3 is 2.55 bits per heavy atom. The van der Waals surface area contributed by atoms with Crippen molar-refractivity contribution in [1.29, 1.82) is 0 Å². The molecule has 1 saturated heterocycles. The summed E-state index contributed by atoms with van der Waals surface area (Å²) in [6, 6.07) is 0. The van der Waals surface area contributed by atoms with Crippen molar-refractivity contribution in [3.05, 3.63) is 0 Å². The van der Waals surface area contributed by atoms with E-state index in [1.165, 1.54) is 58.3 Å². The Kier molecular flexibility index (Phi) is 8.13. The molecule has 1 N–H and O–H groups in total. The summed E-state index contributed by atoms with van der Waals surface area (Å²) in [5.74, 6) is 1.81. The molecule has 1 aliphatic heterocycles. The van der Waals surface area contributed by atoms with Gasteiger partial charge >= 0.3 is 0 Å². The van der Waals surface area contributed by atoms with Crippen LogP contribution in [0.4, 0.5) is 0 Å². The van der Waals surface area contributed by atoms with Gasteiger partial charge in [-0.3, -0.25) is 0 Å². The largest absolute Gasteiger partial charge is 0.316 e. The average molecular weight is 283 g/mol. The van der Waals surface area contributed by atoms with Crippen LogP contribution in [0.15, 0.2) is 0 Å². The molecular formula is C18H38N2. The van der Waals surface area contributed by atoms with Crippen LogP contribution in [0.2, 0.25) is 0 Å². The van der Waals surface area contributed by atoms with Crippen molar-refractivity contribution in [1.82, 2.24) is 10.2 Å². The molecule has 120 valence electrons. The van der Waals surface area contributed by atoms with E-state index in [1.54, 1.807) is 0 Å². The molecule has 1 aliphatic rings. The topological polar surface area (TPSA) is 15.3 Å². The minimum Gasteiger partial charge on any atom is -0.316 e. The van der Waals surface area contributed by atoms with Gasteiger partial charge in [0.2, 0.25) is 0 Å². The van der Waals surface area contributed by atoms with Gasteiger partial charge in [0, 0.05) is 13.1 Å². The van der Waals surface area contributed by atoms with Gasteiger partial charge < -0.3 is 10.2 Å². The summed E-state index contributed by atoms with van der Waals surface area (Å²) in [4.78, 5) is 2.75. The van der Waals surface area contributed by atoms with Gasteiger partial charge in [0.1, 0.15) is 0 Å². The highest BCUT2D eigenvalue weighted by atomic mass is 15.1. The number of likely N-dealkylation sites (tertiary alicyclic amines) is 1. The van der Waals surface area contributed by atoms with Crippen molar-refractivity contribution >= 4 is 0 Å². The molecule has 0 aromatic heterocycles. The molecule has 0 aromatic rings. The standard InChI is InChI=1S/C18H38N2/c1-6-11-18(5,14-19-7-2)15-20-12-8-9-17(10-13-20)16(3)4/h16-17,19H,6-15H2,1-5H3. The summed E-state index contributed by atoms with van der Waals surface area (Å²) < 4.78 is 0. The van der Waals surface area contributed by atoms with Crippen molar-refractivity contribution in [2.24, 2.45) is 17.3 Å². The molecule has 1 fully saturated rings. The molecule has 0 aromatic carbocycles. The first-order valence-corrected chi connectivity index (χ1v) is 8.94. The number of hydrogen-bond acceptors (Lipinski definition) is 2. The van der Waals surface area contributed by atoms with E-state index in [9.17, 15) is 0 Å². The second kappa shape index (κ2) is 9.04. The lowest BCUT2D eigenvalue weighted by Crippen LogP contribution is -2.42. The van der Waals surface area contributed by atoms with E-state index < -0.39 is 0 Å². The molecule has 0 radical (unpaired) electrons. The normalized spacial score (nSPS) is 24.6. The summed E-state index contributed by atoms with van der Waals surface area (Å²) in [7, 11) is 0. The fourth-order valence-corrected chi connectivity index (χ4v) is 3.80. The van der Waals surface area contributed by atoms with Crippen molar-refractivity contribution in [2.75, 3.05) is 32.7 Å². The smallest absolute Gasteiger partial charge is 0.00475 e. The Morgan fingerprint density at radius 1 is 1.20 bits per heavy atom. The van der Waals surface area contributed by atoms with E-state index in [0.717, 1.165) is 18.4 Å². The highest BCUT2D eigenvalue weighted by Gasteiger charge is 2.27. The average Bonchev–Trinajstić information content (AvgIpc) is 2.62. The minimum absolute atomic E-state index is 0.447. The fourth-order valence-electron chi connectivity index (χ4n) is 3.80. The molecule has 2 atom stereocenters. The number of nitrogens with zero attached hydrogens (tertiary/aromatic N) is 1. The number of hydrogen-bond donors (Lipinski definition) is 1. The van der Waals surface area contributed by atoms with Crippen molar-refractivity contribution < 1.29 is 0 Å². The second-order valence-electron chi connectivity index (χ2n) is 7.55. The van der Waals surface area contributed by atoms with Crippen LogP contribution in [0.5, 0.6) is 0 Å². The molecule has 1 rings (SSSR count). The van der Waals surface area contributed by atoms with Crippen molar-refractivity contribution in [3.8, 4) is 0 Å². The first-order chi connectivity index (χ1) is 9.50. The first kappa shape index (κ1) is 18.0. The van der Waals surface area contributed by atoms with Crippen LogP contribution in [0.3, 0.4) is 0 Å². The molecule has 0 spiro atoms. The maximum Gasteiger partial charge on any atom is 0.00475 e. The lowest BCUT2D eigenvalue weighted by atomic mass is 9.84. The van der Waals surface area contributed by atoms with E-state index in [0.29, 0.717) is 5.41 Å². The Morgan fingerprint density at radius 2 is 1.95 bits per heavy atom. The lowest BCUT2D eigenvalue weighted by Gasteiger charge is -2.35. The third-order valence-corrected chi connectivity index (χ3v) is 5.07. The molecular weight excluding hydrogens is 244 g/mol. The van der Waals surface area contributed by atoms with Gasteiger partial charge in [-0.25, -0.2) is 0 Å².